The molecule has 0 spiro atoms. The maximum Gasteiger partial charge on any atom is 0.240 e. The summed E-state index contributed by atoms with van der Waals surface area (Å²) >= 11 is 0. The number of anilines is 2. The van der Waals surface area contributed by atoms with Crippen LogP contribution in [0.25, 0.3) is 11.3 Å². The van der Waals surface area contributed by atoms with E-state index in [1.54, 1.807) is 36.5 Å². The van der Waals surface area contributed by atoms with Crippen molar-refractivity contribution in [2.45, 2.75) is 23.8 Å². The van der Waals surface area contributed by atoms with Crippen LogP contribution in [0, 0.1) is 11.3 Å². The first-order valence-corrected chi connectivity index (χ1v) is 13.5. The molecule has 11 heteroatoms. The number of nitrogens with one attached hydrogen (secondary N) is 2. The van der Waals surface area contributed by atoms with Crippen LogP contribution < -0.4 is 14.8 Å². The van der Waals surface area contributed by atoms with Gasteiger partial charge in [-0.2, -0.15) is 5.26 Å². The molecule has 2 aromatic carbocycles. The van der Waals surface area contributed by atoms with Crippen molar-refractivity contribution >= 4 is 21.7 Å². The highest BCUT2D eigenvalue weighted by atomic mass is 32.2. The maximum absolute atomic E-state index is 12.5. The lowest BCUT2D eigenvalue weighted by molar-refractivity contribution is 0.0254. The predicted molar refractivity (Wildman–Crippen MR) is 140 cm³/mol. The van der Waals surface area contributed by atoms with Gasteiger partial charge in [0, 0.05) is 43.4 Å². The van der Waals surface area contributed by atoms with Crippen molar-refractivity contribution in [3.8, 4) is 23.1 Å². The van der Waals surface area contributed by atoms with E-state index in [0.717, 1.165) is 18.4 Å². The molecule has 1 aliphatic rings. The van der Waals surface area contributed by atoms with E-state index >= 15 is 0 Å². The van der Waals surface area contributed by atoms with Crippen LogP contribution >= 0.6 is 0 Å². The number of hydrogen-bond acceptors (Lipinski definition) is 9. The van der Waals surface area contributed by atoms with E-state index in [2.05, 4.69) is 26.1 Å². The van der Waals surface area contributed by atoms with E-state index in [1.807, 2.05) is 25.1 Å². The van der Waals surface area contributed by atoms with Crippen molar-refractivity contribution in [3.05, 3.63) is 60.3 Å². The molecule has 1 saturated heterocycles. The Kier molecular flexibility index (Phi) is 8.68. The van der Waals surface area contributed by atoms with Gasteiger partial charge in [-0.3, -0.25) is 0 Å². The van der Waals surface area contributed by atoms with E-state index in [-0.39, 0.29) is 11.0 Å². The first-order chi connectivity index (χ1) is 17.8. The molecule has 0 radical (unpaired) electrons. The molecule has 0 atom stereocenters. The Morgan fingerprint density at radius 2 is 1.89 bits per heavy atom. The third-order valence-electron chi connectivity index (χ3n) is 5.79. The normalized spacial score (nSPS) is 14.3. The number of nitriles is 1. The van der Waals surface area contributed by atoms with E-state index in [0.29, 0.717) is 54.9 Å². The number of benzene rings is 2. The number of nitrogens with zero attached hydrogens (tertiary/aromatic N) is 4. The first-order valence-electron chi connectivity index (χ1n) is 12.0. The molecule has 4 rings (SSSR count). The molecular formula is C26H30N6O4S. The van der Waals surface area contributed by atoms with Crippen LogP contribution in [0.3, 0.4) is 0 Å². The van der Waals surface area contributed by atoms with E-state index in [9.17, 15) is 13.7 Å². The van der Waals surface area contributed by atoms with Crippen LogP contribution in [0.2, 0.25) is 0 Å². The highest BCUT2D eigenvalue weighted by Gasteiger charge is 2.18. The Bertz CT molecular complexity index is 1350. The molecule has 2 heterocycles. The van der Waals surface area contributed by atoms with E-state index in [4.69, 9.17) is 9.47 Å². The number of sulfonamides is 1. The summed E-state index contributed by atoms with van der Waals surface area (Å²) < 4.78 is 38.9. The number of likely N-dealkylation sites (N-methyl/N-ethyl adjacent to an activating group) is 1. The topological polar surface area (TPSA) is 129 Å². The van der Waals surface area contributed by atoms with Crippen molar-refractivity contribution in [1.29, 1.82) is 5.26 Å². The molecule has 1 fully saturated rings. The summed E-state index contributed by atoms with van der Waals surface area (Å²) in [5.41, 5.74) is 2.47. The van der Waals surface area contributed by atoms with Gasteiger partial charge in [0.2, 0.25) is 16.0 Å². The summed E-state index contributed by atoms with van der Waals surface area (Å²) in [6.45, 7) is 2.25. The van der Waals surface area contributed by atoms with Crippen molar-refractivity contribution in [3.63, 3.8) is 0 Å². The predicted octanol–water partition coefficient (Wildman–Crippen LogP) is 3.16. The number of rotatable bonds is 10. The second kappa shape index (κ2) is 12.1. The van der Waals surface area contributed by atoms with Gasteiger partial charge in [-0.05, 0) is 62.6 Å². The Balaban J connectivity index is 1.45. The molecule has 0 aliphatic carbocycles. The Labute approximate surface area is 217 Å². The Morgan fingerprint density at radius 1 is 1.14 bits per heavy atom. The second-order valence-electron chi connectivity index (χ2n) is 8.87. The van der Waals surface area contributed by atoms with Crippen LogP contribution in [-0.4, -0.2) is 69.8 Å². The van der Waals surface area contributed by atoms with Gasteiger partial charge in [-0.25, -0.2) is 23.1 Å². The minimum Gasteiger partial charge on any atom is -0.489 e. The molecule has 1 aromatic heterocycles. The van der Waals surface area contributed by atoms with Gasteiger partial charge < -0.3 is 19.7 Å². The monoisotopic (exact) mass is 522 g/mol. The minimum absolute atomic E-state index is 0.0387. The molecule has 2 N–H and O–H groups in total. The molecule has 194 valence electrons. The average Bonchev–Trinajstić information content (AvgIpc) is 2.90. The zero-order valence-electron chi connectivity index (χ0n) is 20.8. The van der Waals surface area contributed by atoms with Gasteiger partial charge in [0.25, 0.3) is 0 Å². The minimum atomic E-state index is -3.59. The van der Waals surface area contributed by atoms with Crippen LogP contribution in [0.15, 0.2) is 59.6 Å². The first kappa shape index (κ1) is 26.5. The molecule has 3 aromatic rings. The molecule has 0 saturated carbocycles. The SMILES string of the molecule is CN(C)CCNS(=O)(=O)c1ccc(Nc2nccc(-c3ccc(OC4CCOCC4)c(C#N)c3)n2)cc1. The highest BCUT2D eigenvalue weighted by molar-refractivity contribution is 7.89. The largest absolute Gasteiger partial charge is 0.489 e. The zero-order chi connectivity index (χ0) is 26.3. The fraction of sp³-hybridized carbons (Fsp3) is 0.346. The summed E-state index contributed by atoms with van der Waals surface area (Å²) in [5, 5.41) is 12.8. The van der Waals surface area contributed by atoms with Gasteiger partial charge in [-0.1, -0.05) is 0 Å². The molecule has 1 aliphatic heterocycles. The van der Waals surface area contributed by atoms with Crippen LogP contribution in [0.5, 0.6) is 5.75 Å². The van der Waals surface area contributed by atoms with Crippen LogP contribution in [0.4, 0.5) is 11.6 Å². The molecule has 10 nitrogen and oxygen atoms in total. The molecular weight excluding hydrogens is 492 g/mol. The highest BCUT2D eigenvalue weighted by Crippen LogP contribution is 2.28. The molecule has 0 amide bonds. The fourth-order valence-corrected chi connectivity index (χ4v) is 4.79. The van der Waals surface area contributed by atoms with Gasteiger partial charge in [0.15, 0.2) is 0 Å². The Hall–Kier alpha value is -3.56. The molecule has 0 bridgehead atoms. The zero-order valence-corrected chi connectivity index (χ0v) is 21.7. The average molecular weight is 523 g/mol. The second-order valence-corrected chi connectivity index (χ2v) is 10.6. The fourth-order valence-electron chi connectivity index (χ4n) is 3.77. The standard InChI is InChI=1S/C26H30N6O4S/c1-32(2)14-13-29-37(33,34)23-6-4-21(5-7-23)30-26-28-12-9-24(31-26)19-3-8-25(20(17-19)18-27)36-22-10-15-35-16-11-22/h3-9,12,17,22,29H,10-11,13-16H2,1-2H3,(H,28,30,31). The summed E-state index contributed by atoms with van der Waals surface area (Å²) in [5.74, 6) is 0.898. The third-order valence-corrected chi connectivity index (χ3v) is 7.26. The lowest BCUT2D eigenvalue weighted by Gasteiger charge is -2.23. The van der Waals surface area contributed by atoms with E-state index in [1.165, 1.54) is 12.1 Å². The summed E-state index contributed by atoms with van der Waals surface area (Å²) in [6, 6.07) is 15.8. The maximum atomic E-state index is 12.5. The summed E-state index contributed by atoms with van der Waals surface area (Å²) in [7, 11) is 0.175. The number of aromatic nitrogens is 2. The van der Waals surface area contributed by atoms with Crippen molar-refractivity contribution in [2.24, 2.45) is 0 Å². The third kappa shape index (κ3) is 7.24. The van der Waals surface area contributed by atoms with Gasteiger partial charge in [0.1, 0.15) is 17.9 Å². The van der Waals surface area contributed by atoms with Gasteiger partial charge in [-0.15, -0.1) is 0 Å². The van der Waals surface area contributed by atoms with Gasteiger partial charge >= 0.3 is 0 Å². The lowest BCUT2D eigenvalue weighted by Crippen LogP contribution is -2.31. The van der Waals surface area contributed by atoms with Crippen LogP contribution in [0.1, 0.15) is 18.4 Å². The summed E-state index contributed by atoms with van der Waals surface area (Å²) in [4.78, 5) is 10.9. The lowest BCUT2D eigenvalue weighted by atomic mass is 10.1. The molecule has 0 unspecified atom stereocenters. The summed E-state index contributed by atoms with van der Waals surface area (Å²) in [6.07, 6.45) is 3.26. The molecule has 37 heavy (non-hydrogen) atoms. The van der Waals surface area contributed by atoms with Crippen molar-refractivity contribution in [1.82, 2.24) is 19.6 Å². The smallest absolute Gasteiger partial charge is 0.240 e. The number of hydrogen-bond donors (Lipinski definition) is 2. The Morgan fingerprint density at radius 3 is 2.59 bits per heavy atom. The van der Waals surface area contributed by atoms with Crippen molar-refractivity contribution < 1.29 is 17.9 Å². The van der Waals surface area contributed by atoms with Crippen molar-refractivity contribution in [2.75, 3.05) is 45.7 Å². The quantitative estimate of drug-likeness (QED) is 0.412. The van der Waals surface area contributed by atoms with Crippen LogP contribution in [-0.2, 0) is 14.8 Å². The van der Waals surface area contributed by atoms with Gasteiger partial charge in [0.05, 0.1) is 29.4 Å². The van der Waals surface area contributed by atoms with E-state index < -0.39 is 10.0 Å². The number of ether oxygens (including phenoxy) is 2.